The number of nitrogens with one attached hydrogen (secondary N) is 1. The summed E-state index contributed by atoms with van der Waals surface area (Å²) >= 11 is 0. The number of hydrogen-bond acceptors (Lipinski definition) is 7. The third-order valence-electron chi connectivity index (χ3n) is 3.16. The van der Waals surface area contributed by atoms with Crippen LogP contribution in [0.4, 0.5) is 0 Å². The van der Waals surface area contributed by atoms with E-state index < -0.39 is 36.7 Å². The van der Waals surface area contributed by atoms with Crippen molar-refractivity contribution in [2.45, 2.75) is 24.5 Å². The minimum atomic E-state index is -1.27. The van der Waals surface area contributed by atoms with Crippen LogP contribution in [0.5, 0.6) is 0 Å². The number of aliphatic hydroxyl groups excluding tert-OH is 3. The molecule has 1 aliphatic rings. The van der Waals surface area contributed by atoms with Gasteiger partial charge in [0.15, 0.2) is 17.4 Å². The molecule has 0 radical (unpaired) electrons. The van der Waals surface area contributed by atoms with Crippen LogP contribution in [0.1, 0.15) is 6.23 Å². The molecule has 4 N–H and O–H groups in total. The number of rotatable bonds is 2. The molecule has 102 valence electrons. The molecule has 9 nitrogen and oxygen atoms in total. The molecule has 9 heteroatoms. The zero-order valence-electron chi connectivity index (χ0n) is 9.67. The van der Waals surface area contributed by atoms with Crippen LogP contribution in [0.3, 0.4) is 0 Å². The van der Waals surface area contributed by atoms with Crippen LogP contribution >= 0.6 is 0 Å². The summed E-state index contributed by atoms with van der Waals surface area (Å²) in [5.41, 5.74) is -0.0842. The Morgan fingerprint density at radius 3 is 2.84 bits per heavy atom. The molecular formula is C10H12N4O5. The topological polar surface area (TPSA) is 133 Å². The summed E-state index contributed by atoms with van der Waals surface area (Å²) < 4.78 is 6.63. The van der Waals surface area contributed by atoms with E-state index in [0.717, 1.165) is 0 Å². The lowest BCUT2D eigenvalue weighted by Gasteiger charge is -2.16. The highest BCUT2D eigenvalue weighted by molar-refractivity contribution is 5.69. The molecular weight excluding hydrogens is 256 g/mol. The van der Waals surface area contributed by atoms with Crippen molar-refractivity contribution >= 4 is 11.2 Å². The Hall–Kier alpha value is -1.81. The van der Waals surface area contributed by atoms with Gasteiger partial charge in [0.2, 0.25) is 0 Å². The summed E-state index contributed by atoms with van der Waals surface area (Å²) in [6, 6.07) is 0. The van der Waals surface area contributed by atoms with Gasteiger partial charge in [0.25, 0.3) is 5.56 Å². The molecule has 1 saturated heterocycles. The fraction of sp³-hybridized carbons (Fsp3) is 0.500. The van der Waals surface area contributed by atoms with Crippen LogP contribution in [-0.2, 0) is 4.74 Å². The average Bonchev–Trinajstić information content (AvgIpc) is 2.94. The molecule has 0 aliphatic carbocycles. The van der Waals surface area contributed by atoms with Gasteiger partial charge in [0.1, 0.15) is 24.6 Å². The Kier molecular flexibility index (Phi) is 2.82. The Morgan fingerprint density at radius 2 is 2.16 bits per heavy atom. The summed E-state index contributed by atoms with van der Waals surface area (Å²) in [6.07, 6.45) is -1.89. The third kappa shape index (κ3) is 1.75. The monoisotopic (exact) mass is 268 g/mol. The van der Waals surface area contributed by atoms with Crippen LogP contribution in [0, 0.1) is 0 Å². The van der Waals surface area contributed by atoms with Crippen LogP contribution in [0.15, 0.2) is 17.4 Å². The van der Waals surface area contributed by atoms with E-state index >= 15 is 0 Å². The first-order chi connectivity index (χ1) is 9.13. The highest BCUT2D eigenvalue weighted by atomic mass is 16.6. The predicted octanol–water partition coefficient (Wildman–Crippen LogP) is -2.27. The molecule has 3 rings (SSSR count). The number of aliphatic hydroxyl groups is 3. The van der Waals surface area contributed by atoms with Crippen LogP contribution in [0.25, 0.3) is 11.2 Å². The zero-order chi connectivity index (χ0) is 13.6. The molecule has 2 aromatic heterocycles. The second kappa shape index (κ2) is 4.38. The van der Waals surface area contributed by atoms with Gasteiger partial charge in [0.05, 0.1) is 12.9 Å². The van der Waals surface area contributed by atoms with E-state index in [2.05, 4.69) is 15.0 Å². The van der Waals surface area contributed by atoms with E-state index in [-0.39, 0.29) is 11.2 Å². The van der Waals surface area contributed by atoms with Crippen LogP contribution < -0.4 is 5.56 Å². The van der Waals surface area contributed by atoms with Crippen molar-refractivity contribution in [2.75, 3.05) is 6.61 Å². The molecule has 0 bridgehead atoms. The van der Waals surface area contributed by atoms with Crippen LogP contribution in [0.2, 0.25) is 0 Å². The number of imidazole rings is 1. The Labute approximate surface area is 106 Å². The normalized spacial score (nSPS) is 31.1. The number of hydrogen-bond donors (Lipinski definition) is 4. The molecule has 4 atom stereocenters. The van der Waals surface area contributed by atoms with Crippen molar-refractivity contribution in [2.24, 2.45) is 0 Å². The fourth-order valence-electron chi connectivity index (χ4n) is 2.19. The molecule has 0 saturated carbocycles. The predicted molar refractivity (Wildman–Crippen MR) is 61.2 cm³/mol. The van der Waals surface area contributed by atoms with Gasteiger partial charge in [-0.2, -0.15) is 0 Å². The molecule has 1 aliphatic heterocycles. The standard InChI is InChI=1S/C10H12N4O5/c15-1-4-6(16)7(17)10(19-4)14-3-13-8-5(14)9(18)12-2-11-8/h2-4,6-7,10,15-17H,1H2,(H,11,12,18)/t4-,6-,7-,10?/m1/s1. The van der Waals surface area contributed by atoms with E-state index in [0.29, 0.717) is 0 Å². The molecule has 3 heterocycles. The molecule has 19 heavy (non-hydrogen) atoms. The first kappa shape index (κ1) is 12.2. The SMILES string of the molecule is O=c1[nH]cnc2ncn(C3O[C@H](CO)[C@@H](O)[C@H]3O)c12. The minimum absolute atomic E-state index is 0.136. The van der Waals surface area contributed by atoms with Gasteiger partial charge < -0.3 is 25.0 Å². The van der Waals surface area contributed by atoms with Gasteiger partial charge in [-0.25, -0.2) is 9.97 Å². The molecule has 2 aromatic rings. The van der Waals surface area contributed by atoms with E-state index in [1.54, 1.807) is 0 Å². The first-order valence-corrected chi connectivity index (χ1v) is 5.66. The molecule has 0 aromatic carbocycles. The van der Waals surface area contributed by atoms with E-state index in [1.807, 2.05) is 0 Å². The fourth-order valence-corrected chi connectivity index (χ4v) is 2.19. The average molecular weight is 268 g/mol. The summed E-state index contributed by atoms with van der Waals surface area (Å²) in [5.74, 6) is 0. The zero-order valence-corrected chi connectivity index (χ0v) is 9.67. The van der Waals surface area contributed by atoms with Crippen molar-refractivity contribution in [3.8, 4) is 0 Å². The number of nitrogens with zero attached hydrogens (tertiary/aromatic N) is 3. The number of ether oxygens (including phenoxy) is 1. The lowest BCUT2D eigenvalue weighted by Crippen LogP contribution is -2.33. The van der Waals surface area contributed by atoms with Crippen molar-refractivity contribution in [1.82, 2.24) is 19.5 Å². The highest BCUT2D eigenvalue weighted by Crippen LogP contribution is 2.30. The first-order valence-electron chi connectivity index (χ1n) is 5.66. The highest BCUT2D eigenvalue weighted by Gasteiger charge is 2.43. The number of aromatic nitrogens is 4. The summed E-state index contributed by atoms with van der Waals surface area (Å²) in [6.45, 7) is -0.435. The van der Waals surface area contributed by atoms with Crippen LogP contribution in [-0.4, -0.2) is 59.8 Å². The Balaban J connectivity index is 2.08. The molecule has 0 amide bonds. The maximum Gasteiger partial charge on any atom is 0.277 e. The number of fused-ring (bicyclic) bond motifs is 1. The smallest absolute Gasteiger partial charge is 0.277 e. The summed E-state index contributed by atoms with van der Waals surface area (Å²) in [5, 5.41) is 28.6. The summed E-state index contributed by atoms with van der Waals surface area (Å²) in [4.78, 5) is 22.0. The second-order valence-electron chi connectivity index (χ2n) is 4.28. The molecule has 1 fully saturated rings. The second-order valence-corrected chi connectivity index (χ2v) is 4.28. The van der Waals surface area contributed by atoms with Crippen molar-refractivity contribution in [1.29, 1.82) is 0 Å². The van der Waals surface area contributed by atoms with Gasteiger partial charge >= 0.3 is 0 Å². The number of aromatic amines is 1. The quantitative estimate of drug-likeness (QED) is 0.482. The van der Waals surface area contributed by atoms with Crippen molar-refractivity contribution in [3.05, 3.63) is 23.0 Å². The largest absolute Gasteiger partial charge is 0.394 e. The van der Waals surface area contributed by atoms with Crippen molar-refractivity contribution in [3.63, 3.8) is 0 Å². The minimum Gasteiger partial charge on any atom is -0.394 e. The Bertz CT molecular complexity index is 653. The molecule has 1 unspecified atom stereocenters. The maximum absolute atomic E-state index is 11.8. The van der Waals surface area contributed by atoms with Gasteiger partial charge in [0, 0.05) is 0 Å². The maximum atomic E-state index is 11.8. The van der Waals surface area contributed by atoms with E-state index in [1.165, 1.54) is 17.2 Å². The van der Waals surface area contributed by atoms with Gasteiger partial charge in [-0.1, -0.05) is 0 Å². The van der Waals surface area contributed by atoms with Crippen molar-refractivity contribution < 1.29 is 20.1 Å². The van der Waals surface area contributed by atoms with Gasteiger partial charge in [-0.15, -0.1) is 0 Å². The Morgan fingerprint density at radius 1 is 1.37 bits per heavy atom. The third-order valence-corrected chi connectivity index (χ3v) is 3.16. The molecule has 0 spiro atoms. The van der Waals surface area contributed by atoms with Gasteiger partial charge in [-0.05, 0) is 0 Å². The van der Waals surface area contributed by atoms with E-state index in [4.69, 9.17) is 9.84 Å². The lowest BCUT2D eigenvalue weighted by molar-refractivity contribution is -0.0509. The van der Waals surface area contributed by atoms with Gasteiger partial charge in [-0.3, -0.25) is 9.36 Å². The summed E-state index contributed by atoms with van der Waals surface area (Å²) in [7, 11) is 0. The van der Waals surface area contributed by atoms with E-state index in [9.17, 15) is 15.0 Å². The number of H-pyrrole nitrogens is 1. The lowest BCUT2D eigenvalue weighted by atomic mass is 10.1.